The summed E-state index contributed by atoms with van der Waals surface area (Å²) in [6, 6.07) is 10.6. The van der Waals surface area contributed by atoms with E-state index in [0.29, 0.717) is 17.7 Å². The van der Waals surface area contributed by atoms with E-state index >= 15 is 0 Å². The third-order valence-corrected chi connectivity index (χ3v) is 3.54. The first-order chi connectivity index (χ1) is 11.5. The summed E-state index contributed by atoms with van der Waals surface area (Å²) < 4.78 is 13.2. The standard InChI is InChI=1S/C18H20FN3O2/c1-3-16(21-15-9-5-8-14(19)10-15)18(24)22-20-11-13-7-4-6-12(2)17(13)23/h4-11,16,21,23H,3H2,1-2H3,(H,22,24). The van der Waals surface area contributed by atoms with Crippen LogP contribution in [0.5, 0.6) is 5.75 Å². The lowest BCUT2D eigenvalue weighted by Crippen LogP contribution is -2.36. The molecule has 6 heteroatoms. The van der Waals surface area contributed by atoms with Gasteiger partial charge in [-0.1, -0.05) is 25.1 Å². The Morgan fingerprint density at radius 3 is 2.79 bits per heavy atom. The summed E-state index contributed by atoms with van der Waals surface area (Å²) in [4.78, 5) is 12.2. The summed E-state index contributed by atoms with van der Waals surface area (Å²) >= 11 is 0. The molecular formula is C18H20FN3O2. The van der Waals surface area contributed by atoms with Crippen LogP contribution in [0.25, 0.3) is 0 Å². The highest BCUT2D eigenvalue weighted by Gasteiger charge is 2.15. The third kappa shape index (κ3) is 4.55. The molecule has 0 aromatic heterocycles. The molecule has 0 fully saturated rings. The predicted molar refractivity (Wildman–Crippen MR) is 92.7 cm³/mol. The fourth-order valence-electron chi connectivity index (χ4n) is 2.16. The summed E-state index contributed by atoms with van der Waals surface area (Å²) in [5, 5.41) is 16.7. The zero-order valence-corrected chi connectivity index (χ0v) is 13.6. The van der Waals surface area contributed by atoms with Gasteiger partial charge in [-0.25, -0.2) is 9.82 Å². The van der Waals surface area contributed by atoms with E-state index in [-0.39, 0.29) is 17.5 Å². The van der Waals surface area contributed by atoms with Gasteiger partial charge in [0.15, 0.2) is 0 Å². The van der Waals surface area contributed by atoms with Crippen molar-refractivity contribution in [1.82, 2.24) is 5.43 Å². The Hall–Kier alpha value is -2.89. The molecule has 0 bridgehead atoms. The number of anilines is 1. The minimum absolute atomic E-state index is 0.125. The molecule has 1 atom stereocenters. The number of halogens is 1. The molecule has 0 radical (unpaired) electrons. The van der Waals surface area contributed by atoms with Crippen LogP contribution in [0.1, 0.15) is 24.5 Å². The summed E-state index contributed by atoms with van der Waals surface area (Å²) in [5.74, 6) is -0.589. The molecule has 0 aliphatic heterocycles. The molecule has 2 aromatic rings. The first-order valence-electron chi connectivity index (χ1n) is 7.65. The number of amides is 1. The molecule has 0 spiro atoms. The normalized spacial score (nSPS) is 12.1. The van der Waals surface area contributed by atoms with Crippen LogP contribution in [-0.2, 0) is 4.79 Å². The van der Waals surface area contributed by atoms with E-state index in [9.17, 15) is 14.3 Å². The number of hydrogen-bond donors (Lipinski definition) is 3. The molecule has 126 valence electrons. The van der Waals surface area contributed by atoms with E-state index < -0.39 is 6.04 Å². The number of phenolic OH excluding ortho intramolecular Hbond substituents is 1. The topological polar surface area (TPSA) is 73.7 Å². The number of nitrogens with zero attached hydrogens (tertiary/aromatic N) is 1. The molecule has 3 N–H and O–H groups in total. The highest BCUT2D eigenvalue weighted by Crippen LogP contribution is 2.19. The Morgan fingerprint density at radius 2 is 2.08 bits per heavy atom. The summed E-state index contributed by atoms with van der Waals surface area (Å²) in [5.41, 5.74) is 4.19. The lowest BCUT2D eigenvalue weighted by atomic mass is 10.1. The van der Waals surface area contributed by atoms with Crippen molar-refractivity contribution in [2.45, 2.75) is 26.3 Å². The Morgan fingerprint density at radius 1 is 1.33 bits per heavy atom. The van der Waals surface area contributed by atoms with Crippen LogP contribution in [0.4, 0.5) is 10.1 Å². The third-order valence-electron chi connectivity index (χ3n) is 3.54. The first kappa shape index (κ1) is 17.5. The molecule has 5 nitrogen and oxygen atoms in total. The Kier molecular flexibility index (Phi) is 5.89. The molecule has 2 rings (SSSR count). The lowest BCUT2D eigenvalue weighted by Gasteiger charge is -2.16. The largest absolute Gasteiger partial charge is 0.507 e. The van der Waals surface area contributed by atoms with Crippen LogP contribution in [0, 0.1) is 12.7 Å². The van der Waals surface area contributed by atoms with Gasteiger partial charge in [-0.05, 0) is 43.2 Å². The Labute approximate surface area is 140 Å². The van der Waals surface area contributed by atoms with Gasteiger partial charge < -0.3 is 10.4 Å². The molecule has 0 aliphatic carbocycles. The van der Waals surface area contributed by atoms with Crippen molar-refractivity contribution in [2.75, 3.05) is 5.32 Å². The summed E-state index contributed by atoms with van der Waals surface area (Å²) in [6.07, 6.45) is 1.89. The van der Waals surface area contributed by atoms with E-state index in [0.717, 1.165) is 5.56 Å². The van der Waals surface area contributed by atoms with Gasteiger partial charge in [0, 0.05) is 11.3 Å². The highest BCUT2D eigenvalue weighted by atomic mass is 19.1. The fraction of sp³-hybridized carbons (Fsp3) is 0.222. The van der Waals surface area contributed by atoms with Crippen LogP contribution in [-0.4, -0.2) is 23.3 Å². The minimum atomic E-state index is -0.546. The second-order valence-electron chi connectivity index (χ2n) is 5.36. The number of aromatic hydroxyl groups is 1. The zero-order chi connectivity index (χ0) is 17.5. The van der Waals surface area contributed by atoms with Gasteiger partial charge in [-0.15, -0.1) is 0 Å². The van der Waals surface area contributed by atoms with Crippen LogP contribution >= 0.6 is 0 Å². The van der Waals surface area contributed by atoms with E-state index in [1.54, 1.807) is 37.3 Å². The van der Waals surface area contributed by atoms with Gasteiger partial charge in [-0.3, -0.25) is 4.79 Å². The number of aryl methyl sites for hydroxylation is 1. The van der Waals surface area contributed by atoms with E-state index in [2.05, 4.69) is 15.8 Å². The van der Waals surface area contributed by atoms with Crippen molar-refractivity contribution in [3.8, 4) is 5.75 Å². The van der Waals surface area contributed by atoms with Crippen molar-refractivity contribution in [3.63, 3.8) is 0 Å². The molecule has 0 saturated heterocycles. The molecule has 0 aliphatic rings. The average Bonchev–Trinajstić information content (AvgIpc) is 2.56. The SMILES string of the molecule is CCC(Nc1cccc(F)c1)C(=O)NN=Cc1cccc(C)c1O. The molecule has 1 amide bonds. The highest BCUT2D eigenvalue weighted by molar-refractivity contribution is 5.88. The van der Waals surface area contributed by atoms with Gasteiger partial charge in [0.2, 0.25) is 0 Å². The van der Waals surface area contributed by atoms with Crippen LogP contribution in [0.2, 0.25) is 0 Å². The van der Waals surface area contributed by atoms with Gasteiger partial charge in [0.05, 0.1) is 6.21 Å². The molecule has 1 unspecified atom stereocenters. The maximum absolute atomic E-state index is 13.2. The molecule has 2 aromatic carbocycles. The molecule has 0 saturated carbocycles. The number of carbonyl (C=O) groups is 1. The van der Waals surface area contributed by atoms with Gasteiger partial charge in [0.25, 0.3) is 5.91 Å². The van der Waals surface area contributed by atoms with E-state index in [1.807, 2.05) is 6.92 Å². The number of phenols is 1. The number of benzene rings is 2. The summed E-state index contributed by atoms with van der Waals surface area (Å²) in [6.45, 7) is 3.62. The number of para-hydroxylation sites is 1. The number of rotatable bonds is 6. The number of hydrazone groups is 1. The average molecular weight is 329 g/mol. The molecule has 0 heterocycles. The van der Waals surface area contributed by atoms with Crippen molar-refractivity contribution in [3.05, 3.63) is 59.4 Å². The quantitative estimate of drug-likeness (QED) is 0.563. The maximum atomic E-state index is 13.2. The smallest absolute Gasteiger partial charge is 0.262 e. The minimum Gasteiger partial charge on any atom is -0.507 e. The fourth-order valence-corrected chi connectivity index (χ4v) is 2.16. The summed E-state index contributed by atoms with van der Waals surface area (Å²) in [7, 11) is 0. The lowest BCUT2D eigenvalue weighted by molar-refractivity contribution is -0.121. The zero-order valence-electron chi connectivity index (χ0n) is 13.6. The number of carbonyl (C=O) groups excluding carboxylic acids is 1. The van der Waals surface area contributed by atoms with E-state index in [1.165, 1.54) is 18.3 Å². The van der Waals surface area contributed by atoms with Crippen LogP contribution in [0.15, 0.2) is 47.6 Å². The van der Waals surface area contributed by atoms with Gasteiger partial charge in [-0.2, -0.15) is 5.10 Å². The van der Waals surface area contributed by atoms with Crippen molar-refractivity contribution < 1.29 is 14.3 Å². The Bertz CT molecular complexity index is 747. The van der Waals surface area contributed by atoms with Gasteiger partial charge >= 0.3 is 0 Å². The monoisotopic (exact) mass is 329 g/mol. The van der Waals surface area contributed by atoms with Crippen LogP contribution in [0.3, 0.4) is 0 Å². The van der Waals surface area contributed by atoms with Gasteiger partial charge in [0.1, 0.15) is 17.6 Å². The van der Waals surface area contributed by atoms with E-state index in [4.69, 9.17) is 0 Å². The number of nitrogens with one attached hydrogen (secondary N) is 2. The molecular weight excluding hydrogens is 309 g/mol. The van der Waals surface area contributed by atoms with Crippen molar-refractivity contribution in [2.24, 2.45) is 5.10 Å². The maximum Gasteiger partial charge on any atom is 0.262 e. The predicted octanol–water partition coefficient (Wildman–Crippen LogP) is 3.18. The first-order valence-corrected chi connectivity index (χ1v) is 7.65. The van der Waals surface area contributed by atoms with Crippen LogP contribution < -0.4 is 10.7 Å². The second kappa shape index (κ2) is 8.10. The van der Waals surface area contributed by atoms with Crippen molar-refractivity contribution in [1.29, 1.82) is 0 Å². The van der Waals surface area contributed by atoms with Crippen molar-refractivity contribution >= 4 is 17.8 Å². The molecule has 24 heavy (non-hydrogen) atoms. The number of hydrogen-bond acceptors (Lipinski definition) is 4. The Balaban J connectivity index is 1.99. The second-order valence-corrected chi connectivity index (χ2v) is 5.36.